The number of epoxide rings is 1. The molecule has 14 heavy (non-hydrogen) atoms. The first-order chi connectivity index (χ1) is 6.63. The minimum Gasteiger partial charge on any atom is -0.455 e. The fourth-order valence-electron chi connectivity index (χ4n) is 1.63. The number of esters is 1. The van der Waals surface area contributed by atoms with E-state index in [2.05, 4.69) is 0 Å². The molecule has 0 aromatic rings. The third kappa shape index (κ3) is 1.44. The Kier molecular flexibility index (Phi) is 2.13. The van der Waals surface area contributed by atoms with Crippen molar-refractivity contribution in [1.29, 1.82) is 0 Å². The van der Waals surface area contributed by atoms with Crippen molar-refractivity contribution in [2.75, 3.05) is 0 Å². The first kappa shape index (κ1) is 9.36. The summed E-state index contributed by atoms with van der Waals surface area (Å²) in [6.45, 7) is 1.29. The molecule has 0 saturated carbocycles. The van der Waals surface area contributed by atoms with E-state index in [1.807, 2.05) is 0 Å². The molecule has 0 amide bonds. The molecule has 5 heteroatoms. The highest BCUT2D eigenvalue weighted by Crippen LogP contribution is 2.37. The second-order valence-electron chi connectivity index (χ2n) is 3.37. The molecule has 5 nitrogen and oxygen atoms in total. The fourth-order valence-corrected chi connectivity index (χ4v) is 1.63. The predicted octanol–water partition coefficient (Wildman–Crippen LogP) is -0.815. The van der Waals surface area contributed by atoms with E-state index in [4.69, 9.17) is 9.47 Å². The molecule has 4 atom stereocenters. The van der Waals surface area contributed by atoms with Gasteiger partial charge in [0.25, 0.3) is 0 Å². The van der Waals surface area contributed by atoms with Gasteiger partial charge in [-0.25, -0.2) is 0 Å². The van der Waals surface area contributed by atoms with Crippen LogP contribution in [0.5, 0.6) is 0 Å². The van der Waals surface area contributed by atoms with Crippen LogP contribution in [0.4, 0.5) is 0 Å². The average molecular weight is 198 g/mol. The first-order valence-electron chi connectivity index (χ1n) is 4.31. The summed E-state index contributed by atoms with van der Waals surface area (Å²) in [7, 11) is 0. The Hall–Kier alpha value is -1.20. The predicted molar refractivity (Wildman–Crippen MR) is 44.4 cm³/mol. The van der Waals surface area contributed by atoms with E-state index in [0.717, 1.165) is 0 Å². The van der Waals surface area contributed by atoms with Gasteiger partial charge in [0.15, 0.2) is 0 Å². The summed E-state index contributed by atoms with van der Waals surface area (Å²) < 4.78 is 10.0. The Labute approximate surface area is 80.3 Å². The van der Waals surface area contributed by atoms with Gasteiger partial charge in [-0.2, -0.15) is 0 Å². The van der Waals surface area contributed by atoms with E-state index in [1.165, 1.54) is 13.0 Å². The normalized spacial score (nSPS) is 39.4. The van der Waals surface area contributed by atoms with Gasteiger partial charge in [-0.1, -0.05) is 0 Å². The van der Waals surface area contributed by atoms with Crippen molar-refractivity contribution in [2.24, 2.45) is 0 Å². The van der Waals surface area contributed by atoms with Crippen LogP contribution in [-0.2, 0) is 19.1 Å². The van der Waals surface area contributed by atoms with Gasteiger partial charge < -0.3 is 14.6 Å². The van der Waals surface area contributed by atoms with E-state index in [9.17, 15) is 14.7 Å². The molecule has 0 bridgehead atoms. The first-order valence-corrected chi connectivity index (χ1v) is 4.31. The van der Waals surface area contributed by atoms with Gasteiger partial charge in [0.05, 0.1) is 0 Å². The minimum atomic E-state index is -0.885. The van der Waals surface area contributed by atoms with Gasteiger partial charge in [0.2, 0.25) is 0 Å². The van der Waals surface area contributed by atoms with E-state index in [-0.39, 0.29) is 11.7 Å². The number of aliphatic hydroxyl groups excluding tert-OH is 1. The van der Waals surface area contributed by atoms with E-state index in [0.29, 0.717) is 6.29 Å². The van der Waals surface area contributed by atoms with Gasteiger partial charge >= 0.3 is 5.97 Å². The zero-order chi connectivity index (χ0) is 10.3. The summed E-state index contributed by atoms with van der Waals surface area (Å²) in [5.74, 6) is -0.429. The van der Waals surface area contributed by atoms with E-state index in [1.54, 1.807) is 0 Å². The number of ether oxygens (including phenoxy) is 2. The number of hydrogen-bond acceptors (Lipinski definition) is 5. The van der Waals surface area contributed by atoms with Crippen LogP contribution in [0.3, 0.4) is 0 Å². The van der Waals surface area contributed by atoms with Crippen molar-refractivity contribution in [3.05, 3.63) is 11.6 Å². The maximum absolute atomic E-state index is 10.7. The standard InChI is InChI=1S/C9H10O5/c1-4(11)13-6-2-5(3-10)7(12)9-8(6)14-9/h2-3,6-9,12H,1H3. The summed E-state index contributed by atoms with van der Waals surface area (Å²) in [6.07, 6.45) is -0.126. The number of aliphatic hydroxyl groups is 1. The fraction of sp³-hybridized carbons (Fsp3) is 0.556. The number of carbonyl (C=O) groups is 2. The summed E-state index contributed by atoms with van der Waals surface area (Å²) in [4.78, 5) is 21.2. The van der Waals surface area contributed by atoms with E-state index >= 15 is 0 Å². The van der Waals surface area contributed by atoms with Gasteiger partial charge in [-0.3, -0.25) is 9.59 Å². The maximum Gasteiger partial charge on any atom is 0.303 e. The number of hydrogen-bond donors (Lipinski definition) is 1. The minimum absolute atomic E-state index is 0.218. The Balaban J connectivity index is 2.15. The molecule has 2 rings (SSSR count). The van der Waals surface area contributed by atoms with Crippen molar-refractivity contribution >= 4 is 12.3 Å². The van der Waals surface area contributed by atoms with Crippen molar-refractivity contribution in [3.63, 3.8) is 0 Å². The second kappa shape index (κ2) is 3.18. The molecule has 1 fully saturated rings. The quantitative estimate of drug-likeness (QED) is 0.356. The average Bonchev–Trinajstić information content (AvgIpc) is 2.89. The zero-order valence-electron chi connectivity index (χ0n) is 7.54. The molecule has 1 aliphatic heterocycles. The lowest BCUT2D eigenvalue weighted by Crippen LogP contribution is -2.33. The van der Waals surface area contributed by atoms with Crippen molar-refractivity contribution in [1.82, 2.24) is 0 Å². The molecule has 76 valence electrons. The Morgan fingerprint density at radius 2 is 2.36 bits per heavy atom. The van der Waals surface area contributed by atoms with Crippen LogP contribution in [0.2, 0.25) is 0 Å². The lowest BCUT2D eigenvalue weighted by Gasteiger charge is -2.18. The van der Waals surface area contributed by atoms with Crippen molar-refractivity contribution in [3.8, 4) is 0 Å². The zero-order valence-corrected chi connectivity index (χ0v) is 7.54. The number of rotatable bonds is 2. The van der Waals surface area contributed by atoms with Gasteiger partial charge in [-0.05, 0) is 6.08 Å². The molecule has 1 N–H and O–H groups in total. The lowest BCUT2D eigenvalue weighted by molar-refractivity contribution is -0.145. The van der Waals surface area contributed by atoms with Crippen LogP contribution in [0.15, 0.2) is 11.6 Å². The smallest absolute Gasteiger partial charge is 0.303 e. The third-order valence-electron chi connectivity index (χ3n) is 2.33. The topological polar surface area (TPSA) is 76.1 Å². The van der Waals surface area contributed by atoms with Gasteiger partial charge in [0.1, 0.15) is 30.7 Å². The maximum atomic E-state index is 10.7. The molecule has 1 heterocycles. The highest BCUT2D eigenvalue weighted by Gasteiger charge is 2.54. The van der Waals surface area contributed by atoms with Crippen LogP contribution in [0.1, 0.15) is 6.92 Å². The summed E-state index contributed by atoms with van der Waals surface area (Å²) in [5.41, 5.74) is 0.218. The van der Waals surface area contributed by atoms with Crippen LogP contribution in [0, 0.1) is 0 Å². The number of carbonyl (C=O) groups excluding carboxylic acids is 2. The molecule has 0 spiro atoms. The highest BCUT2D eigenvalue weighted by atomic mass is 16.6. The lowest BCUT2D eigenvalue weighted by atomic mass is 9.95. The van der Waals surface area contributed by atoms with Crippen LogP contribution in [0.25, 0.3) is 0 Å². The van der Waals surface area contributed by atoms with Crippen molar-refractivity contribution in [2.45, 2.75) is 31.3 Å². The Bertz CT molecular complexity index is 308. The number of fused-ring (bicyclic) bond motifs is 1. The Morgan fingerprint density at radius 1 is 1.64 bits per heavy atom. The molecule has 1 saturated heterocycles. The molecular weight excluding hydrogens is 188 g/mol. The molecule has 0 aromatic heterocycles. The molecule has 1 aliphatic carbocycles. The molecule has 4 unspecified atom stereocenters. The summed E-state index contributed by atoms with van der Waals surface area (Å²) >= 11 is 0. The molecule has 0 aromatic carbocycles. The molecule has 2 aliphatic rings. The largest absolute Gasteiger partial charge is 0.455 e. The number of aldehydes is 1. The summed E-state index contributed by atoms with van der Waals surface area (Å²) in [5, 5.41) is 9.47. The van der Waals surface area contributed by atoms with Crippen LogP contribution >= 0.6 is 0 Å². The highest BCUT2D eigenvalue weighted by molar-refractivity contribution is 5.76. The van der Waals surface area contributed by atoms with Crippen molar-refractivity contribution < 1.29 is 24.2 Å². The SMILES string of the molecule is CC(=O)OC1C=C(C=O)C(O)C2OC12. The van der Waals surface area contributed by atoms with E-state index < -0.39 is 24.3 Å². The molecule has 0 radical (unpaired) electrons. The summed E-state index contributed by atoms with van der Waals surface area (Å²) in [6, 6.07) is 0. The Morgan fingerprint density at radius 3 is 2.93 bits per heavy atom. The third-order valence-corrected chi connectivity index (χ3v) is 2.33. The van der Waals surface area contributed by atoms with Gasteiger partial charge in [0, 0.05) is 12.5 Å². The second-order valence-corrected chi connectivity index (χ2v) is 3.37. The molecular formula is C9H10O5. The van der Waals surface area contributed by atoms with Gasteiger partial charge in [-0.15, -0.1) is 0 Å². The van der Waals surface area contributed by atoms with Crippen LogP contribution in [-0.4, -0.2) is 41.8 Å². The van der Waals surface area contributed by atoms with Crippen LogP contribution < -0.4 is 0 Å². The monoisotopic (exact) mass is 198 g/mol.